The molecule has 1 saturated heterocycles. The van der Waals surface area contributed by atoms with Gasteiger partial charge in [0.05, 0.1) is 17.5 Å². The van der Waals surface area contributed by atoms with E-state index in [2.05, 4.69) is 21.9 Å². The number of pyridine rings is 2. The molecule has 0 aromatic carbocycles. The Balaban J connectivity index is 1.59. The van der Waals surface area contributed by atoms with E-state index in [1.54, 1.807) is 0 Å². The fourth-order valence-corrected chi connectivity index (χ4v) is 3.33. The average molecular weight is 340 g/mol. The van der Waals surface area contributed by atoms with Crippen LogP contribution in [0.2, 0.25) is 0 Å². The topological polar surface area (TPSA) is 69.6 Å². The maximum atomic E-state index is 12.6. The molecule has 1 amide bonds. The summed E-state index contributed by atoms with van der Waals surface area (Å²) in [5, 5.41) is 9.53. The van der Waals surface area contributed by atoms with Crippen molar-refractivity contribution in [1.82, 2.24) is 19.8 Å². The Hall–Kier alpha value is -2.47. The summed E-state index contributed by atoms with van der Waals surface area (Å²) in [5.74, 6) is -0.0370. The van der Waals surface area contributed by atoms with Gasteiger partial charge in [-0.15, -0.1) is 0 Å². The third-order valence-electron chi connectivity index (χ3n) is 4.72. The molecule has 2 aromatic rings. The van der Waals surface area contributed by atoms with Crippen LogP contribution >= 0.6 is 0 Å². The van der Waals surface area contributed by atoms with Gasteiger partial charge in [-0.2, -0.15) is 0 Å². The van der Waals surface area contributed by atoms with Crippen molar-refractivity contribution in [2.75, 3.05) is 20.1 Å². The molecule has 0 spiro atoms. The second kappa shape index (κ2) is 8.07. The molecule has 3 heterocycles. The largest absolute Gasteiger partial charge is 0.506 e. The number of hydrogen-bond donors (Lipinski definition) is 1. The summed E-state index contributed by atoms with van der Waals surface area (Å²) in [6, 6.07) is 7.88. The molecule has 25 heavy (non-hydrogen) atoms. The minimum absolute atomic E-state index is 0.0219. The zero-order valence-electron chi connectivity index (χ0n) is 14.5. The molecule has 132 valence electrons. The normalized spacial score (nSPS) is 18.2. The molecule has 0 radical (unpaired) electrons. The third kappa shape index (κ3) is 4.54. The van der Waals surface area contributed by atoms with Crippen LogP contribution in [0.25, 0.3) is 0 Å². The summed E-state index contributed by atoms with van der Waals surface area (Å²) in [4.78, 5) is 25.1. The predicted molar refractivity (Wildman–Crippen MR) is 95.1 cm³/mol. The van der Waals surface area contributed by atoms with Crippen LogP contribution in [0.15, 0.2) is 42.9 Å². The number of nitrogens with zero attached hydrogens (tertiary/aromatic N) is 4. The number of carbonyl (C=O) groups is 1. The van der Waals surface area contributed by atoms with Gasteiger partial charge < -0.3 is 10.0 Å². The molecule has 3 rings (SSSR count). The summed E-state index contributed by atoms with van der Waals surface area (Å²) in [6.45, 7) is 2.27. The van der Waals surface area contributed by atoms with E-state index >= 15 is 0 Å². The number of carbonyl (C=O) groups excluding carboxylic acids is 1. The second-order valence-corrected chi connectivity index (χ2v) is 6.54. The summed E-state index contributed by atoms with van der Waals surface area (Å²) >= 11 is 0. The summed E-state index contributed by atoms with van der Waals surface area (Å²) in [5.41, 5.74) is 1.51. The highest BCUT2D eigenvalue weighted by atomic mass is 16.3. The number of hydrogen-bond acceptors (Lipinski definition) is 5. The van der Waals surface area contributed by atoms with E-state index in [9.17, 15) is 9.90 Å². The number of likely N-dealkylation sites (tertiary alicyclic amines) is 1. The molecular formula is C19H24N4O2. The first kappa shape index (κ1) is 17.4. The van der Waals surface area contributed by atoms with Gasteiger partial charge in [-0.25, -0.2) is 0 Å². The zero-order valence-corrected chi connectivity index (χ0v) is 14.5. The van der Waals surface area contributed by atoms with E-state index in [0.29, 0.717) is 18.2 Å². The summed E-state index contributed by atoms with van der Waals surface area (Å²) in [7, 11) is 2.12. The first-order valence-corrected chi connectivity index (χ1v) is 8.67. The maximum absolute atomic E-state index is 12.6. The Kier molecular flexibility index (Phi) is 5.60. The average Bonchev–Trinajstić information content (AvgIpc) is 2.88. The highest BCUT2D eigenvalue weighted by Crippen LogP contribution is 2.19. The van der Waals surface area contributed by atoms with Crippen LogP contribution in [0.5, 0.6) is 5.75 Å². The van der Waals surface area contributed by atoms with Gasteiger partial charge in [-0.05, 0) is 44.5 Å². The fraction of sp³-hybridized carbons (Fsp3) is 0.421. The van der Waals surface area contributed by atoms with Gasteiger partial charge in [0.1, 0.15) is 5.75 Å². The summed E-state index contributed by atoms with van der Waals surface area (Å²) in [6.07, 6.45) is 7.63. The van der Waals surface area contributed by atoms with Gasteiger partial charge in [-0.1, -0.05) is 6.07 Å². The van der Waals surface area contributed by atoms with Gasteiger partial charge in [0.25, 0.3) is 5.91 Å². The predicted octanol–water partition coefficient (Wildman–Crippen LogP) is 2.31. The van der Waals surface area contributed by atoms with E-state index in [1.165, 1.54) is 18.5 Å². The van der Waals surface area contributed by atoms with E-state index in [-0.39, 0.29) is 11.7 Å². The van der Waals surface area contributed by atoms with Crippen LogP contribution in [-0.4, -0.2) is 57.0 Å². The van der Waals surface area contributed by atoms with Crippen LogP contribution in [0.4, 0.5) is 0 Å². The number of aromatic hydroxyl groups is 1. The Labute approximate surface area is 148 Å². The highest BCUT2D eigenvalue weighted by Gasteiger charge is 2.24. The fourth-order valence-electron chi connectivity index (χ4n) is 3.33. The van der Waals surface area contributed by atoms with E-state index < -0.39 is 0 Å². The van der Waals surface area contributed by atoms with Crippen molar-refractivity contribution in [3.8, 4) is 5.75 Å². The number of rotatable bonds is 4. The van der Waals surface area contributed by atoms with Gasteiger partial charge in [0.2, 0.25) is 0 Å². The molecule has 6 nitrogen and oxygen atoms in total. The molecular weight excluding hydrogens is 316 g/mol. The standard InChI is InChI=1S/C19H24N4O2/c1-22(14-16-5-2-3-8-21-16)17-6-4-9-23(10-7-17)19(25)15-11-18(24)13-20-12-15/h2-3,5,8,11-13,17,24H,4,6-7,9-10,14H2,1H3/t17-/m1/s1. The first-order valence-electron chi connectivity index (χ1n) is 8.67. The molecule has 0 bridgehead atoms. The van der Waals surface area contributed by atoms with E-state index in [1.807, 2.05) is 29.3 Å². The van der Waals surface area contributed by atoms with Crippen LogP contribution in [0, 0.1) is 0 Å². The Morgan fingerprint density at radius 2 is 2.20 bits per heavy atom. The molecule has 0 aliphatic carbocycles. The lowest BCUT2D eigenvalue weighted by molar-refractivity contribution is 0.0756. The molecule has 0 saturated carbocycles. The van der Waals surface area contributed by atoms with E-state index in [0.717, 1.165) is 38.0 Å². The first-order chi connectivity index (χ1) is 12.1. The highest BCUT2D eigenvalue weighted by molar-refractivity contribution is 5.94. The van der Waals surface area contributed by atoms with Crippen LogP contribution in [0.1, 0.15) is 35.3 Å². The smallest absolute Gasteiger partial charge is 0.255 e. The lowest BCUT2D eigenvalue weighted by Gasteiger charge is -2.27. The molecule has 6 heteroatoms. The minimum Gasteiger partial charge on any atom is -0.506 e. The van der Waals surface area contributed by atoms with Crippen molar-refractivity contribution in [2.45, 2.75) is 31.8 Å². The van der Waals surface area contributed by atoms with Crippen molar-refractivity contribution in [1.29, 1.82) is 0 Å². The number of amides is 1. The van der Waals surface area contributed by atoms with Gasteiger partial charge in [0.15, 0.2) is 0 Å². The molecule has 1 aliphatic rings. The van der Waals surface area contributed by atoms with Crippen LogP contribution in [-0.2, 0) is 6.54 Å². The molecule has 1 N–H and O–H groups in total. The van der Waals surface area contributed by atoms with Crippen molar-refractivity contribution in [2.24, 2.45) is 0 Å². The second-order valence-electron chi connectivity index (χ2n) is 6.54. The Morgan fingerprint density at radius 3 is 2.96 bits per heavy atom. The molecule has 0 unspecified atom stereocenters. The Bertz CT molecular complexity index is 708. The quantitative estimate of drug-likeness (QED) is 0.925. The number of aromatic nitrogens is 2. The van der Waals surface area contributed by atoms with Crippen molar-refractivity contribution in [3.05, 3.63) is 54.1 Å². The monoisotopic (exact) mass is 340 g/mol. The van der Waals surface area contributed by atoms with Gasteiger partial charge in [-0.3, -0.25) is 19.7 Å². The van der Waals surface area contributed by atoms with Crippen molar-refractivity contribution >= 4 is 5.91 Å². The zero-order chi connectivity index (χ0) is 17.6. The SMILES string of the molecule is CN(Cc1ccccn1)[C@@H]1CCCN(C(=O)c2cncc(O)c2)CC1. The van der Waals surface area contributed by atoms with E-state index in [4.69, 9.17) is 0 Å². The van der Waals surface area contributed by atoms with Crippen LogP contribution < -0.4 is 0 Å². The summed E-state index contributed by atoms with van der Waals surface area (Å²) < 4.78 is 0. The Morgan fingerprint density at radius 1 is 1.32 bits per heavy atom. The van der Waals surface area contributed by atoms with Crippen LogP contribution in [0.3, 0.4) is 0 Å². The molecule has 1 aliphatic heterocycles. The lowest BCUT2D eigenvalue weighted by atomic mass is 10.1. The molecule has 2 aromatic heterocycles. The minimum atomic E-state index is -0.0589. The van der Waals surface area contributed by atoms with Gasteiger partial charge >= 0.3 is 0 Å². The van der Waals surface area contributed by atoms with Crippen molar-refractivity contribution in [3.63, 3.8) is 0 Å². The molecule has 1 fully saturated rings. The van der Waals surface area contributed by atoms with Crippen molar-refractivity contribution < 1.29 is 9.90 Å². The lowest BCUT2D eigenvalue weighted by Crippen LogP contribution is -2.35. The molecule has 1 atom stereocenters. The van der Waals surface area contributed by atoms with Gasteiger partial charge in [0, 0.05) is 38.1 Å². The third-order valence-corrected chi connectivity index (χ3v) is 4.72. The maximum Gasteiger partial charge on any atom is 0.255 e.